The molecule has 1 aliphatic heterocycles. The van der Waals surface area contributed by atoms with Crippen molar-refractivity contribution in [2.75, 3.05) is 24.6 Å². The highest BCUT2D eigenvalue weighted by Crippen LogP contribution is 2.14. The number of likely N-dealkylation sites (tertiary alicyclic amines) is 1. The molecule has 0 saturated carbocycles. The molecule has 7 nitrogen and oxygen atoms in total. The summed E-state index contributed by atoms with van der Waals surface area (Å²) in [6.45, 7) is 0.532. The van der Waals surface area contributed by atoms with E-state index in [1.165, 1.54) is 4.90 Å². The number of aliphatic hydroxyl groups is 1. The molecule has 1 fully saturated rings. The first kappa shape index (κ1) is 14.8. The van der Waals surface area contributed by atoms with Gasteiger partial charge < -0.3 is 20.4 Å². The third kappa shape index (κ3) is 4.92. The van der Waals surface area contributed by atoms with Crippen LogP contribution in [0.15, 0.2) is 0 Å². The Bertz CT molecular complexity index is 336. The molecule has 2 amide bonds. The van der Waals surface area contributed by atoms with Crippen molar-refractivity contribution in [2.24, 2.45) is 0 Å². The lowest BCUT2D eigenvalue weighted by atomic mass is 10.4. The number of nitrogens with one attached hydrogen (secondary N) is 1. The molecule has 0 aliphatic carbocycles. The molecule has 0 aromatic heterocycles. The van der Waals surface area contributed by atoms with Crippen molar-refractivity contribution < 1.29 is 24.6 Å². The maximum absolute atomic E-state index is 11.3. The molecule has 0 bridgehead atoms. The zero-order valence-corrected chi connectivity index (χ0v) is 10.6. The molecule has 1 aliphatic rings. The molecule has 1 atom stereocenters. The van der Waals surface area contributed by atoms with Crippen LogP contribution in [0.25, 0.3) is 0 Å². The zero-order chi connectivity index (χ0) is 13.5. The quantitative estimate of drug-likeness (QED) is 0.542. The molecular formula is C10H16N2O5S. The molecule has 1 heterocycles. The van der Waals surface area contributed by atoms with E-state index in [-0.39, 0.29) is 36.4 Å². The molecule has 0 spiro atoms. The van der Waals surface area contributed by atoms with Crippen LogP contribution < -0.4 is 5.32 Å². The van der Waals surface area contributed by atoms with Gasteiger partial charge in [-0.3, -0.25) is 14.4 Å². The Kier molecular flexibility index (Phi) is 5.93. The minimum absolute atomic E-state index is 0.0722. The summed E-state index contributed by atoms with van der Waals surface area (Å²) in [6, 6.07) is 0. The van der Waals surface area contributed by atoms with E-state index < -0.39 is 12.2 Å². The van der Waals surface area contributed by atoms with Gasteiger partial charge in [-0.15, -0.1) is 11.8 Å². The van der Waals surface area contributed by atoms with E-state index in [2.05, 4.69) is 5.32 Å². The third-order valence-corrected chi connectivity index (χ3v) is 3.35. The first-order chi connectivity index (χ1) is 8.50. The minimum Gasteiger partial charge on any atom is -0.481 e. The van der Waals surface area contributed by atoms with Gasteiger partial charge in [-0.25, -0.2) is 0 Å². The number of hydrogen-bond donors (Lipinski definition) is 3. The van der Waals surface area contributed by atoms with Gasteiger partial charge in [-0.2, -0.15) is 0 Å². The monoisotopic (exact) mass is 276 g/mol. The van der Waals surface area contributed by atoms with Crippen LogP contribution >= 0.6 is 11.8 Å². The molecular weight excluding hydrogens is 260 g/mol. The number of carbonyl (C=O) groups is 3. The number of aliphatic hydroxyl groups excluding tert-OH is 1. The number of hydrogen-bond acceptors (Lipinski definition) is 5. The number of nitrogens with zero attached hydrogens (tertiary/aromatic N) is 1. The largest absolute Gasteiger partial charge is 0.481 e. The smallest absolute Gasteiger partial charge is 0.313 e. The second kappa shape index (κ2) is 7.22. The summed E-state index contributed by atoms with van der Waals surface area (Å²) in [5, 5.41) is 20.4. The molecule has 18 heavy (non-hydrogen) atoms. The number of amides is 2. The summed E-state index contributed by atoms with van der Waals surface area (Å²) in [7, 11) is 0. The molecule has 3 N–H and O–H groups in total. The van der Waals surface area contributed by atoms with Gasteiger partial charge in [0, 0.05) is 25.9 Å². The fraction of sp³-hybridized carbons (Fsp3) is 0.700. The second-order valence-corrected chi connectivity index (χ2v) is 4.83. The summed E-state index contributed by atoms with van der Waals surface area (Å²) in [4.78, 5) is 34.1. The van der Waals surface area contributed by atoms with Gasteiger partial charge in [0.2, 0.25) is 11.8 Å². The van der Waals surface area contributed by atoms with Gasteiger partial charge in [-0.1, -0.05) is 0 Å². The lowest BCUT2D eigenvalue weighted by Gasteiger charge is -2.20. The average molecular weight is 276 g/mol. The molecule has 102 valence electrons. The first-order valence-electron chi connectivity index (χ1n) is 5.54. The molecule has 0 radical (unpaired) electrons. The molecule has 0 aromatic carbocycles. The van der Waals surface area contributed by atoms with Crippen molar-refractivity contribution in [1.29, 1.82) is 0 Å². The Labute approximate surface area is 109 Å². The Balaban J connectivity index is 2.11. The van der Waals surface area contributed by atoms with E-state index in [9.17, 15) is 19.5 Å². The van der Waals surface area contributed by atoms with Crippen molar-refractivity contribution in [2.45, 2.75) is 19.1 Å². The Morgan fingerprint density at radius 1 is 1.44 bits per heavy atom. The standard InChI is InChI=1S/C10H16N2O5S/c13-7(5-18-6-10(16)17)11-3-4-12-8(14)1-2-9(12)15/h8,14H,1-6H2,(H,11,13)(H,16,17). The molecule has 0 aromatic rings. The van der Waals surface area contributed by atoms with Crippen LogP contribution in [0.2, 0.25) is 0 Å². The summed E-state index contributed by atoms with van der Waals surface area (Å²) < 4.78 is 0. The van der Waals surface area contributed by atoms with E-state index in [1.54, 1.807) is 0 Å². The first-order valence-corrected chi connectivity index (χ1v) is 6.70. The molecule has 8 heteroatoms. The Morgan fingerprint density at radius 2 is 2.17 bits per heavy atom. The van der Waals surface area contributed by atoms with E-state index in [0.29, 0.717) is 12.8 Å². The predicted octanol–water partition coefficient (Wildman–Crippen LogP) is -1.14. The predicted molar refractivity (Wildman–Crippen MR) is 64.9 cm³/mol. The van der Waals surface area contributed by atoms with Gasteiger partial charge in [0.1, 0.15) is 6.23 Å². The van der Waals surface area contributed by atoms with Gasteiger partial charge >= 0.3 is 5.97 Å². The number of carboxylic acid groups (broad SMARTS) is 1. The maximum Gasteiger partial charge on any atom is 0.313 e. The number of carbonyl (C=O) groups excluding carboxylic acids is 2. The summed E-state index contributed by atoms with van der Waals surface area (Å²) in [6.07, 6.45) is 0.0148. The van der Waals surface area contributed by atoms with Crippen LogP contribution in [0.3, 0.4) is 0 Å². The minimum atomic E-state index is -0.960. The summed E-state index contributed by atoms with van der Waals surface area (Å²) in [5.74, 6) is -1.39. The number of rotatable bonds is 7. The maximum atomic E-state index is 11.3. The van der Waals surface area contributed by atoms with Crippen molar-refractivity contribution in [3.05, 3.63) is 0 Å². The average Bonchev–Trinajstić information content (AvgIpc) is 2.60. The zero-order valence-electron chi connectivity index (χ0n) is 9.79. The highest BCUT2D eigenvalue weighted by molar-refractivity contribution is 8.00. The van der Waals surface area contributed by atoms with E-state index in [1.807, 2.05) is 0 Å². The highest BCUT2D eigenvalue weighted by Gasteiger charge is 2.28. The van der Waals surface area contributed by atoms with Crippen LogP contribution in [0.4, 0.5) is 0 Å². The van der Waals surface area contributed by atoms with Crippen LogP contribution in [0, 0.1) is 0 Å². The summed E-state index contributed by atoms with van der Waals surface area (Å²) >= 11 is 1.01. The topological polar surface area (TPSA) is 107 Å². The van der Waals surface area contributed by atoms with Crippen LogP contribution in [0.1, 0.15) is 12.8 Å². The molecule has 1 rings (SSSR count). The lowest BCUT2D eigenvalue weighted by molar-refractivity contribution is -0.134. The SMILES string of the molecule is O=C(O)CSCC(=O)NCCN1C(=O)CCC1O. The van der Waals surface area contributed by atoms with Crippen molar-refractivity contribution >= 4 is 29.5 Å². The van der Waals surface area contributed by atoms with Gasteiger partial charge in [0.05, 0.1) is 11.5 Å². The van der Waals surface area contributed by atoms with Gasteiger partial charge in [-0.05, 0) is 0 Å². The van der Waals surface area contributed by atoms with Gasteiger partial charge in [0.25, 0.3) is 0 Å². The number of carboxylic acids is 1. The van der Waals surface area contributed by atoms with Crippen LogP contribution in [-0.2, 0) is 14.4 Å². The van der Waals surface area contributed by atoms with Gasteiger partial charge in [0.15, 0.2) is 0 Å². The lowest BCUT2D eigenvalue weighted by Crippen LogP contribution is -2.40. The van der Waals surface area contributed by atoms with Crippen molar-refractivity contribution in [1.82, 2.24) is 10.2 Å². The van der Waals surface area contributed by atoms with E-state index in [4.69, 9.17) is 5.11 Å². The van der Waals surface area contributed by atoms with Crippen LogP contribution in [0.5, 0.6) is 0 Å². The highest BCUT2D eigenvalue weighted by atomic mass is 32.2. The second-order valence-electron chi connectivity index (χ2n) is 3.84. The fourth-order valence-corrected chi connectivity index (χ4v) is 2.15. The van der Waals surface area contributed by atoms with Crippen molar-refractivity contribution in [3.63, 3.8) is 0 Å². The number of thioether (sulfide) groups is 1. The normalized spacial score (nSPS) is 19.1. The van der Waals surface area contributed by atoms with Crippen molar-refractivity contribution in [3.8, 4) is 0 Å². The van der Waals surface area contributed by atoms with E-state index in [0.717, 1.165) is 11.8 Å². The fourth-order valence-electron chi connectivity index (χ4n) is 1.59. The molecule has 1 saturated heterocycles. The third-order valence-electron chi connectivity index (χ3n) is 2.43. The Morgan fingerprint density at radius 3 is 2.72 bits per heavy atom. The molecule has 1 unspecified atom stereocenters. The van der Waals surface area contributed by atoms with Crippen LogP contribution in [-0.4, -0.2) is 63.7 Å². The number of aliphatic carboxylic acids is 1. The Hall–Kier alpha value is -1.28. The summed E-state index contributed by atoms with van der Waals surface area (Å²) in [5.41, 5.74) is 0. The van der Waals surface area contributed by atoms with E-state index >= 15 is 0 Å².